The predicted molar refractivity (Wildman–Crippen MR) is 73.7 cm³/mol. The SMILES string of the molecule is CCCC(C)(N)CNC(C)(C)CC(C)(C)C. The molecule has 0 aromatic heterocycles. The highest BCUT2D eigenvalue weighted by Gasteiger charge is 2.27. The molecule has 0 spiro atoms. The van der Waals surface area contributed by atoms with Crippen molar-refractivity contribution in [1.82, 2.24) is 5.32 Å². The van der Waals surface area contributed by atoms with E-state index in [4.69, 9.17) is 5.73 Å². The van der Waals surface area contributed by atoms with E-state index in [2.05, 4.69) is 53.8 Å². The van der Waals surface area contributed by atoms with E-state index in [0.29, 0.717) is 5.41 Å². The lowest BCUT2D eigenvalue weighted by atomic mass is 9.81. The first-order valence-electron chi connectivity index (χ1n) is 6.51. The second-order valence-electron chi connectivity index (χ2n) is 7.38. The molecule has 0 rings (SSSR count). The maximum atomic E-state index is 6.24. The molecule has 2 nitrogen and oxygen atoms in total. The van der Waals surface area contributed by atoms with Crippen LogP contribution in [0.1, 0.15) is 67.7 Å². The molecule has 2 heteroatoms. The van der Waals surface area contributed by atoms with E-state index in [0.717, 1.165) is 25.8 Å². The largest absolute Gasteiger partial charge is 0.324 e. The number of rotatable bonds is 6. The van der Waals surface area contributed by atoms with Crippen molar-refractivity contribution in [1.29, 1.82) is 0 Å². The van der Waals surface area contributed by atoms with Gasteiger partial charge in [0.1, 0.15) is 0 Å². The minimum absolute atomic E-state index is 0.0795. The Labute approximate surface area is 102 Å². The lowest BCUT2D eigenvalue weighted by Gasteiger charge is -2.36. The lowest BCUT2D eigenvalue weighted by Crippen LogP contribution is -2.53. The highest BCUT2D eigenvalue weighted by molar-refractivity contribution is 4.88. The van der Waals surface area contributed by atoms with Crippen molar-refractivity contribution >= 4 is 0 Å². The summed E-state index contributed by atoms with van der Waals surface area (Å²) in [5, 5.41) is 3.62. The lowest BCUT2D eigenvalue weighted by molar-refractivity contribution is 0.224. The summed E-state index contributed by atoms with van der Waals surface area (Å²) in [5.41, 5.74) is 6.67. The molecule has 0 saturated carbocycles. The van der Waals surface area contributed by atoms with Crippen LogP contribution in [0.25, 0.3) is 0 Å². The predicted octanol–water partition coefficient (Wildman–Crippen LogP) is 3.31. The van der Waals surface area contributed by atoms with Gasteiger partial charge in [-0.1, -0.05) is 34.1 Å². The van der Waals surface area contributed by atoms with Crippen molar-refractivity contribution in [2.45, 2.75) is 78.8 Å². The summed E-state index contributed by atoms with van der Waals surface area (Å²) in [4.78, 5) is 0. The standard InChI is InChI=1S/C14H32N2/c1-8-9-14(7,15)11-16-13(5,6)10-12(2,3)4/h16H,8-11,15H2,1-7H3. The van der Waals surface area contributed by atoms with Gasteiger partial charge in [-0.05, 0) is 39.0 Å². The van der Waals surface area contributed by atoms with E-state index in [1.165, 1.54) is 0 Å². The number of nitrogens with one attached hydrogen (secondary N) is 1. The van der Waals surface area contributed by atoms with Gasteiger partial charge in [0.2, 0.25) is 0 Å². The summed E-state index contributed by atoms with van der Waals surface area (Å²) in [6.45, 7) is 16.6. The Kier molecular flexibility index (Phi) is 5.48. The molecule has 3 N–H and O–H groups in total. The van der Waals surface area contributed by atoms with Gasteiger partial charge >= 0.3 is 0 Å². The van der Waals surface area contributed by atoms with Gasteiger partial charge in [-0.25, -0.2) is 0 Å². The maximum Gasteiger partial charge on any atom is 0.0252 e. The van der Waals surface area contributed by atoms with Gasteiger partial charge in [0.05, 0.1) is 0 Å². The van der Waals surface area contributed by atoms with Crippen molar-refractivity contribution in [2.75, 3.05) is 6.54 Å². The fourth-order valence-electron chi connectivity index (χ4n) is 2.49. The van der Waals surface area contributed by atoms with E-state index in [1.54, 1.807) is 0 Å². The Morgan fingerprint density at radius 3 is 1.88 bits per heavy atom. The summed E-state index contributed by atoms with van der Waals surface area (Å²) < 4.78 is 0. The minimum Gasteiger partial charge on any atom is -0.324 e. The fourth-order valence-corrected chi connectivity index (χ4v) is 2.49. The molecular formula is C14H32N2. The van der Waals surface area contributed by atoms with E-state index in [9.17, 15) is 0 Å². The van der Waals surface area contributed by atoms with Crippen molar-refractivity contribution in [3.63, 3.8) is 0 Å². The van der Waals surface area contributed by atoms with Gasteiger partial charge in [-0.15, -0.1) is 0 Å². The first-order chi connectivity index (χ1) is 6.97. The third-order valence-electron chi connectivity index (χ3n) is 2.76. The molecule has 0 radical (unpaired) electrons. The van der Waals surface area contributed by atoms with Gasteiger partial charge in [-0.2, -0.15) is 0 Å². The molecule has 0 amide bonds. The van der Waals surface area contributed by atoms with E-state index in [-0.39, 0.29) is 11.1 Å². The van der Waals surface area contributed by atoms with E-state index >= 15 is 0 Å². The number of hydrogen-bond acceptors (Lipinski definition) is 2. The average Bonchev–Trinajstić information content (AvgIpc) is 1.97. The molecule has 0 saturated heterocycles. The van der Waals surface area contributed by atoms with Gasteiger partial charge in [0, 0.05) is 17.6 Å². The second-order valence-corrected chi connectivity index (χ2v) is 7.38. The maximum absolute atomic E-state index is 6.24. The Morgan fingerprint density at radius 2 is 1.50 bits per heavy atom. The first kappa shape index (κ1) is 15.9. The molecule has 0 bridgehead atoms. The molecule has 0 heterocycles. The van der Waals surface area contributed by atoms with E-state index in [1.807, 2.05) is 0 Å². The second kappa shape index (κ2) is 5.50. The van der Waals surface area contributed by atoms with Crippen LogP contribution in [0.5, 0.6) is 0 Å². The topological polar surface area (TPSA) is 38.0 Å². The highest BCUT2D eigenvalue weighted by Crippen LogP contribution is 2.27. The van der Waals surface area contributed by atoms with Crippen LogP contribution in [0.15, 0.2) is 0 Å². The van der Waals surface area contributed by atoms with E-state index < -0.39 is 0 Å². The molecule has 1 atom stereocenters. The van der Waals surface area contributed by atoms with Gasteiger partial charge in [0.15, 0.2) is 0 Å². The summed E-state index contributed by atoms with van der Waals surface area (Å²) in [7, 11) is 0. The molecule has 0 aliphatic carbocycles. The quantitative estimate of drug-likeness (QED) is 0.732. The summed E-state index contributed by atoms with van der Waals surface area (Å²) in [6, 6.07) is 0. The van der Waals surface area contributed by atoms with Crippen molar-refractivity contribution in [3.8, 4) is 0 Å². The first-order valence-corrected chi connectivity index (χ1v) is 6.51. The Hall–Kier alpha value is -0.0800. The van der Waals surface area contributed by atoms with Gasteiger partial charge in [-0.3, -0.25) is 0 Å². The molecule has 0 fully saturated rings. The van der Waals surface area contributed by atoms with Crippen LogP contribution >= 0.6 is 0 Å². The van der Waals surface area contributed by atoms with Crippen LogP contribution in [-0.4, -0.2) is 17.6 Å². The van der Waals surface area contributed by atoms with Gasteiger partial charge < -0.3 is 11.1 Å². The average molecular weight is 228 g/mol. The third kappa shape index (κ3) is 8.12. The molecule has 0 aliphatic rings. The van der Waals surface area contributed by atoms with Crippen LogP contribution in [-0.2, 0) is 0 Å². The monoisotopic (exact) mass is 228 g/mol. The van der Waals surface area contributed by atoms with Crippen LogP contribution < -0.4 is 11.1 Å². The fraction of sp³-hybridized carbons (Fsp3) is 1.00. The van der Waals surface area contributed by atoms with Crippen LogP contribution in [0, 0.1) is 5.41 Å². The Morgan fingerprint density at radius 1 is 1.00 bits per heavy atom. The molecule has 1 unspecified atom stereocenters. The van der Waals surface area contributed by atoms with Crippen molar-refractivity contribution in [3.05, 3.63) is 0 Å². The van der Waals surface area contributed by atoms with Gasteiger partial charge in [0.25, 0.3) is 0 Å². The summed E-state index contributed by atoms with van der Waals surface area (Å²) >= 11 is 0. The zero-order valence-electron chi connectivity index (χ0n) is 12.4. The smallest absolute Gasteiger partial charge is 0.0252 e. The Bertz CT molecular complexity index is 199. The van der Waals surface area contributed by atoms with Crippen LogP contribution in [0.3, 0.4) is 0 Å². The van der Waals surface area contributed by atoms with Crippen molar-refractivity contribution < 1.29 is 0 Å². The van der Waals surface area contributed by atoms with Crippen molar-refractivity contribution in [2.24, 2.45) is 11.1 Å². The number of nitrogens with two attached hydrogens (primary N) is 1. The highest BCUT2D eigenvalue weighted by atomic mass is 15.0. The zero-order valence-corrected chi connectivity index (χ0v) is 12.4. The summed E-state index contributed by atoms with van der Waals surface area (Å²) in [6.07, 6.45) is 3.38. The number of hydrogen-bond donors (Lipinski definition) is 2. The van der Waals surface area contributed by atoms with Crippen LogP contribution in [0.2, 0.25) is 0 Å². The Balaban J connectivity index is 4.18. The zero-order chi connectivity index (χ0) is 13.0. The van der Waals surface area contributed by atoms with Crippen LogP contribution in [0.4, 0.5) is 0 Å². The third-order valence-corrected chi connectivity index (χ3v) is 2.76. The molecule has 98 valence electrons. The molecule has 0 aliphatic heterocycles. The normalized spacial score (nSPS) is 17.2. The molecule has 0 aromatic rings. The molecule has 0 aromatic carbocycles. The summed E-state index contributed by atoms with van der Waals surface area (Å²) in [5.74, 6) is 0. The molecular weight excluding hydrogens is 196 g/mol. The minimum atomic E-state index is -0.0795. The molecule has 16 heavy (non-hydrogen) atoms.